The van der Waals surface area contributed by atoms with Crippen molar-refractivity contribution < 1.29 is 32.6 Å². The van der Waals surface area contributed by atoms with E-state index < -0.39 is 48.2 Å². The number of nitrogens with one attached hydrogen (secondary N) is 1. The Labute approximate surface area is 225 Å². The number of aromatic nitrogens is 1. The van der Waals surface area contributed by atoms with Crippen molar-refractivity contribution in [3.63, 3.8) is 0 Å². The van der Waals surface area contributed by atoms with Gasteiger partial charge >= 0.3 is 11.9 Å². The van der Waals surface area contributed by atoms with Gasteiger partial charge in [0.05, 0.1) is 23.7 Å². The number of hydrogen-bond donors (Lipinski definition) is 2. The number of alkyl halides is 2. The molecular formula is C25H24ClF3N4O4S. The highest BCUT2D eigenvalue weighted by atomic mass is 35.5. The van der Waals surface area contributed by atoms with Gasteiger partial charge in [-0.25, -0.2) is 22.9 Å². The molecule has 202 valence electrons. The molecule has 2 aromatic rings. The predicted molar refractivity (Wildman–Crippen MR) is 134 cm³/mol. The molecule has 0 radical (unpaired) electrons. The summed E-state index contributed by atoms with van der Waals surface area (Å²) in [6.07, 6.45) is 1.34. The smallest absolute Gasteiger partial charge is 0.338 e. The summed E-state index contributed by atoms with van der Waals surface area (Å²) in [5, 5.41) is 14.5. The first-order chi connectivity index (χ1) is 18.1. The van der Waals surface area contributed by atoms with Crippen molar-refractivity contribution in [1.82, 2.24) is 15.2 Å². The number of aliphatic carboxylic acids is 1. The molecule has 0 saturated carbocycles. The first-order valence-corrected chi connectivity index (χ1v) is 13.2. The van der Waals surface area contributed by atoms with Crippen molar-refractivity contribution in [3.05, 3.63) is 62.5 Å². The molecule has 2 bridgehead atoms. The van der Waals surface area contributed by atoms with Crippen LogP contribution in [0.5, 0.6) is 0 Å². The molecule has 1 aromatic carbocycles. The van der Waals surface area contributed by atoms with Gasteiger partial charge in [0.25, 0.3) is 5.92 Å². The summed E-state index contributed by atoms with van der Waals surface area (Å²) in [6, 6.07) is 1.31. The highest BCUT2D eigenvalue weighted by Crippen LogP contribution is 2.49. The number of esters is 1. The number of fused-ring (bicyclic) bond motifs is 2. The fourth-order valence-corrected chi connectivity index (χ4v) is 6.37. The number of rotatable bonds is 7. The fraction of sp³-hybridized carbons (Fsp3) is 0.440. The molecule has 3 aliphatic heterocycles. The van der Waals surface area contributed by atoms with Gasteiger partial charge in [-0.05, 0) is 36.5 Å². The van der Waals surface area contributed by atoms with Crippen molar-refractivity contribution >= 4 is 40.7 Å². The second-order valence-electron chi connectivity index (χ2n) is 9.64. The zero-order valence-electron chi connectivity index (χ0n) is 20.2. The van der Waals surface area contributed by atoms with E-state index in [1.165, 1.54) is 30.6 Å². The Morgan fingerprint density at radius 1 is 1.34 bits per heavy atom. The number of thiazole rings is 1. The monoisotopic (exact) mass is 568 g/mol. The maximum absolute atomic E-state index is 15.1. The molecule has 3 aliphatic rings. The van der Waals surface area contributed by atoms with E-state index in [1.807, 2.05) is 0 Å². The van der Waals surface area contributed by atoms with Crippen LogP contribution in [0.4, 0.5) is 13.2 Å². The summed E-state index contributed by atoms with van der Waals surface area (Å²) >= 11 is 7.16. The van der Waals surface area contributed by atoms with Crippen LogP contribution in [-0.2, 0) is 14.3 Å². The number of hydrogen-bond acceptors (Lipinski definition) is 8. The highest BCUT2D eigenvalue weighted by molar-refractivity contribution is 7.11. The molecule has 2 N–H and O–H groups in total. The van der Waals surface area contributed by atoms with Crippen LogP contribution >= 0.6 is 22.9 Å². The third-order valence-electron chi connectivity index (χ3n) is 7.26. The molecule has 2 saturated heterocycles. The largest absolute Gasteiger partial charge is 0.481 e. The Kier molecular flexibility index (Phi) is 7.23. The maximum Gasteiger partial charge on any atom is 0.338 e. The molecule has 4 heterocycles. The summed E-state index contributed by atoms with van der Waals surface area (Å²) in [7, 11) is 1.20. The van der Waals surface area contributed by atoms with Crippen molar-refractivity contribution in [1.29, 1.82) is 0 Å². The van der Waals surface area contributed by atoms with Crippen LogP contribution in [0.25, 0.3) is 0 Å². The summed E-state index contributed by atoms with van der Waals surface area (Å²) in [6.45, 7) is -0.0634. The van der Waals surface area contributed by atoms with Gasteiger partial charge in [-0.1, -0.05) is 17.7 Å². The quantitative estimate of drug-likeness (QED) is 0.477. The van der Waals surface area contributed by atoms with Gasteiger partial charge in [-0.15, -0.1) is 11.3 Å². The number of carbonyl (C=O) groups is 2. The number of benzene rings is 1. The molecule has 8 nitrogen and oxygen atoms in total. The van der Waals surface area contributed by atoms with E-state index in [4.69, 9.17) is 16.3 Å². The Bertz CT molecular complexity index is 1320. The summed E-state index contributed by atoms with van der Waals surface area (Å²) in [4.78, 5) is 34.9. The lowest BCUT2D eigenvalue weighted by Gasteiger charge is -2.40. The van der Waals surface area contributed by atoms with Gasteiger partial charge in [-0.2, -0.15) is 0 Å². The van der Waals surface area contributed by atoms with Crippen LogP contribution in [0.1, 0.15) is 42.3 Å². The van der Waals surface area contributed by atoms with Crippen molar-refractivity contribution in [2.45, 2.75) is 49.7 Å². The molecule has 0 unspecified atom stereocenters. The number of piperidine rings is 1. The molecule has 0 amide bonds. The lowest BCUT2D eigenvalue weighted by Crippen LogP contribution is -2.50. The van der Waals surface area contributed by atoms with Gasteiger partial charge < -0.3 is 15.2 Å². The Morgan fingerprint density at radius 2 is 2.13 bits per heavy atom. The van der Waals surface area contributed by atoms with Gasteiger partial charge in [0.15, 0.2) is 10.8 Å². The number of carboxylic acids is 1. The molecule has 5 rings (SSSR count). The van der Waals surface area contributed by atoms with Crippen LogP contribution in [0.15, 0.2) is 46.0 Å². The highest BCUT2D eigenvalue weighted by Gasteiger charge is 2.57. The number of aliphatic imine (C=N–C) groups is 1. The lowest BCUT2D eigenvalue weighted by molar-refractivity contribution is -0.139. The van der Waals surface area contributed by atoms with E-state index in [1.54, 1.807) is 22.5 Å². The molecule has 4 atom stereocenters. The molecule has 38 heavy (non-hydrogen) atoms. The SMILES string of the molecule is COC(=O)C1=C(CN2[C@H]3C[C@H](CC(=O)O)C[C@H]2C(F)(F)C3)NC(c2nccs2)=N[C@H]1c1ccc(Cl)c(F)c1. The first kappa shape index (κ1) is 26.6. The average Bonchev–Trinajstić information content (AvgIpc) is 3.44. The van der Waals surface area contributed by atoms with E-state index in [-0.39, 0.29) is 35.9 Å². The summed E-state index contributed by atoms with van der Waals surface area (Å²) in [5.41, 5.74) is 0.681. The predicted octanol–water partition coefficient (Wildman–Crippen LogP) is 4.42. The second kappa shape index (κ2) is 10.3. The van der Waals surface area contributed by atoms with E-state index >= 15 is 8.78 Å². The van der Waals surface area contributed by atoms with Gasteiger partial charge in [0.1, 0.15) is 11.9 Å². The van der Waals surface area contributed by atoms with Crippen LogP contribution in [0, 0.1) is 11.7 Å². The number of carboxylic acid groups (broad SMARTS) is 1. The second-order valence-corrected chi connectivity index (χ2v) is 10.9. The third kappa shape index (κ3) is 5.04. The van der Waals surface area contributed by atoms with Crippen LogP contribution < -0.4 is 5.32 Å². The van der Waals surface area contributed by atoms with E-state index in [9.17, 15) is 19.1 Å². The van der Waals surface area contributed by atoms with Crippen LogP contribution in [-0.4, -0.2) is 64.4 Å². The zero-order valence-corrected chi connectivity index (χ0v) is 21.7. The standard InChI is InChI=1S/C25H24ClF3N4O4S/c1-37-24(36)20-17(11-33-14-6-12(8-19(34)35)7-18(33)25(28,29)10-14)31-22(23-30-4-5-38-23)32-21(20)13-2-3-15(26)16(27)9-13/h2-5,9,12,14,18,21H,6-8,10-11H2,1H3,(H,31,32)(H,34,35)/t12-,14-,18-,21-/m0/s1. The lowest BCUT2D eigenvalue weighted by atomic mass is 9.87. The number of ether oxygens (including phenoxy) is 1. The zero-order chi connectivity index (χ0) is 27.2. The molecule has 13 heteroatoms. The number of methoxy groups -OCH3 is 1. The summed E-state index contributed by atoms with van der Waals surface area (Å²) in [5.74, 6) is -5.52. The van der Waals surface area contributed by atoms with E-state index in [0.717, 1.165) is 0 Å². The van der Waals surface area contributed by atoms with Crippen molar-refractivity contribution in [3.8, 4) is 0 Å². The number of halogens is 4. The van der Waals surface area contributed by atoms with Gasteiger partial charge in [-0.3, -0.25) is 14.7 Å². The minimum Gasteiger partial charge on any atom is -0.481 e. The normalized spacial score (nSPS) is 26.6. The minimum atomic E-state index is -3.01. The minimum absolute atomic E-state index is 0.0237. The van der Waals surface area contributed by atoms with E-state index in [0.29, 0.717) is 28.5 Å². The Morgan fingerprint density at radius 3 is 2.76 bits per heavy atom. The van der Waals surface area contributed by atoms with Crippen LogP contribution in [0.3, 0.4) is 0 Å². The third-order valence-corrected chi connectivity index (χ3v) is 8.34. The van der Waals surface area contributed by atoms with Crippen molar-refractivity contribution in [2.24, 2.45) is 10.9 Å². The van der Waals surface area contributed by atoms with Gasteiger partial charge in [0.2, 0.25) is 0 Å². The molecule has 1 aromatic heterocycles. The molecule has 0 aliphatic carbocycles. The summed E-state index contributed by atoms with van der Waals surface area (Å²) < 4.78 is 49.6. The number of carbonyl (C=O) groups excluding carboxylic acids is 1. The van der Waals surface area contributed by atoms with Crippen molar-refractivity contribution in [2.75, 3.05) is 13.7 Å². The van der Waals surface area contributed by atoms with Crippen LogP contribution in [0.2, 0.25) is 5.02 Å². The molecule has 2 fully saturated rings. The topological polar surface area (TPSA) is 104 Å². The van der Waals surface area contributed by atoms with Gasteiger partial charge in [0, 0.05) is 42.7 Å². The first-order valence-electron chi connectivity index (χ1n) is 11.9. The number of nitrogens with zero attached hydrogens (tertiary/aromatic N) is 3. The number of amidine groups is 1. The Balaban J connectivity index is 1.56. The van der Waals surface area contributed by atoms with E-state index in [2.05, 4.69) is 15.3 Å². The molecular weight excluding hydrogens is 545 g/mol. The average molecular weight is 569 g/mol. The molecule has 0 spiro atoms. The fourth-order valence-electron chi connectivity index (χ4n) is 5.67. The maximum atomic E-state index is 15.1. The Hall–Kier alpha value is -2.96.